The van der Waals surface area contributed by atoms with Gasteiger partial charge in [0.15, 0.2) is 0 Å². The van der Waals surface area contributed by atoms with Crippen LogP contribution in [0.5, 0.6) is 0 Å². The molecule has 0 unspecified atom stereocenters. The molecule has 0 fully saturated rings. The molecule has 0 aliphatic rings. The summed E-state index contributed by atoms with van der Waals surface area (Å²) in [6, 6.07) is 4.22. The molecule has 88 valence electrons. The van der Waals surface area contributed by atoms with E-state index >= 15 is 0 Å². The summed E-state index contributed by atoms with van der Waals surface area (Å²) in [6.45, 7) is 0.0986. The zero-order chi connectivity index (χ0) is 12.0. The third-order valence-corrected chi connectivity index (χ3v) is 2.91. The van der Waals surface area contributed by atoms with E-state index in [1.165, 1.54) is 12.1 Å². The number of unbranched alkanes of at least 4 members (excludes halogenated alkanes) is 1. The Hall–Kier alpha value is -0.690. The Labute approximate surface area is 107 Å². The first-order chi connectivity index (χ1) is 7.63. The minimum absolute atomic E-state index is 0.0986. The van der Waals surface area contributed by atoms with Crippen LogP contribution < -0.4 is 5.32 Å². The Balaban J connectivity index is 2.49. The number of halogens is 2. The van der Waals surface area contributed by atoms with E-state index < -0.39 is 0 Å². The molecule has 1 rings (SSSR count). The fraction of sp³-hybridized carbons (Fsp3) is 0.364. The van der Waals surface area contributed by atoms with Gasteiger partial charge >= 0.3 is 0 Å². The van der Waals surface area contributed by atoms with E-state index in [4.69, 9.17) is 5.11 Å². The predicted octanol–water partition coefficient (Wildman–Crippen LogP) is 2.53. The van der Waals surface area contributed by atoms with E-state index in [1.807, 2.05) is 22.6 Å². The van der Waals surface area contributed by atoms with E-state index in [1.54, 1.807) is 6.07 Å². The van der Waals surface area contributed by atoms with Crippen molar-refractivity contribution >= 4 is 34.2 Å². The number of benzene rings is 1. The summed E-state index contributed by atoms with van der Waals surface area (Å²) in [5.74, 6) is -0.430. The van der Waals surface area contributed by atoms with Crippen molar-refractivity contribution in [3.8, 4) is 0 Å². The second-order valence-electron chi connectivity index (χ2n) is 3.35. The fourth-order valence-electron chi connectivity index (χ4n) is 1.20. The Morgan fingerprint density at radius 1 is 1.44 bits per heavy atom. The Morgan fingerprint density at radius 2 is 2.19 bits per heavy atom. The van der Waals surface area contributed by atoms with Crippen LogP contribution in [-0.4, -0.2) is 17.6 Å². The third kappa shape index (κ3) is 4.44. The van der Waals surface area contributed by atoms with Crippen LogP contribution in [0.25, 0.3) is 0 Å². The molecule has 0 aromatic heterocycles. The second-order valence-corrected chi connectivity index (χ2v) is 4.52. The number of rotatable bonds is 5. The molecule has 0 radical (unpaired) electrons. The lowest BCUT2D eigenvalue weighted by Gasteiger charge is -2.07. The molecular weight excluding hydrogens is 324 g/mol. The van der Waals surface area contributed by atoms with Crippen molar-refractivity contribution in [3.63, 3.8) is 0 Å². The highest BCUT2D eigenvalue weighted by Gasteiger charge is 2.05. The number of hydrogen-bond donors (Lipinski definition) is 2. The first-order valence-corrected chi connectivity index (χ1v) is 6.07. The Bertz CT molecular complexity index is 371. The summed E-state index contributed by atoms with van der Waals surface area (Å²) in [7, 11) is 0. The number of aliphatic hydroxyl groups is 1. The van der Waals surface area contributed by atoms with Crippen molar-refractivity contribution in [1.29, 1.82) is 0 Å². The van der Waals surface area contributed by atoms with Crippen LogP contribution in [0.2, 0.25) is 0 Å². The van der Waals surface area contributed by atoms with Gasteiger partial charge in [-0.2, -0.15) is 0 Å². The second kappa shape index (κ2) is 6.80. The number of aliphatic hydroxyl groups excluding tert-OH is 1. The summed E-state index contributed by atoms with van der Waals surface area (Å²) in [5.41, 5.74) is 0.621. The molecule has 16 heavy (non-hydrogen) atoms. The molecule has 1 aromatic rings. The number of carbonyl (C=O) groups is 1. The number of carbonyl (C=O) groups excluding carboxylic acids is 1. The summed E-state index contributed by atoms with van der Waals surface area (Å²) in [4.78, 5) is 11.4. The van der Waals surface area contributed by atoms with E-state index in [9.17, 15) is 9.18 Å². The van der Waals surface area contributed by atoms with Crippen LogP contribution >= 0.6 is 22.6 Å². The van der Waals surface area contributed by atoms with E-state index in [2.05, 4.69) is 5.32 Å². The van der Waals surface area contributed by atoms with Crippen LogP contribution in [0.15, 0.2) is 18.2 Å². The lowest BCUT2D eigenvalue weighted by Crippen LogP contribution is -2.12. The van der Waals surface area contributed by atoms with Crippen molar-refractivity contribution in [2.45, 2.75) is 19.3 Å². The molecular formula is C11H13FINO2. The third-order valence-electron chi connectivity index (χ3n) is 2.02. The summed E-state index contributed by atoms with van der Waals surface area (Å²) >= 11 is 1.97. The molecule has 5 heteroatoms. The quantitative estimate of drug-likeness (QED) is 0.641. The summed E-state index contributed by atoms with van der Waals surface area (Å²) in [6.07, 6.45) is 1.64. The molecule has 0 aliphatic carbocycles. The van der Waals surface area contributed by atoms with E-state index in [0.717, 1.165) is 0 Å². The van der Waals surface area contributed by atoms with Crippen molar-refractivity contribution < 1.29 is 14.3 Å². The summed E-state index contributed by atoms with van der Waals surface area (Å²) in [5, 5.41) is 11.3. The molecule has 0 spiro atoms. The lowest BCUT2D eigenvalue weighted by atomic mass is 10.2. The number of nitrogens with one attached hydrogen (secondary N) is 1. The highest BCUT2D eigenvalue weighted by Crippen LogP contribution is 2.19. The van der Waals surface area contributed by atoms with Gasteiger partial charge in [-0.1, -0.05) is 0 Å². The zero-order valence-corrected chi connectivity index (χ0v) is 10.8. The molecule has 2 N–H and O–H groups in total. The van der Waals surface area contributed by atoms with Gasteiger partial charge in [-0.3, -0.25) is 4.79 Å². The monoisotopic (exact) mass is 337 g/mol. The van der Waals surface area contributed by atoms with Crippen LogP contribution in [0.4, 0.5) is 10.1 Å². The standard InChI is InChI=1S/C11H13FINO2/c12-8-4-5-10(9(13)7-8)14-11(16)3-1-2-6-15/h4-5,7,15H,1-3,6H2,(H,14,16). The van der Waals surface area contributed by atoms with E-state index in [0.29, 0.717) is 28.5 Å². The highest BCUT2D eigenvalue weighted by molar-refractivity contribution is 14.1. The largest absolute Gasteiger partial charge is 0.396 e. The smallest absolute Gasteiger partial charge is 0.224 e. The first kappa shape index (κ1) is 13.4. The van der Waals surface area contributed by atoms with Crippen molar-refractivity contribution in [1.82, 2.24) is 0 Å². The van der Waals surface area contributed by atoms with Crippen LogP contribution in [0.3, 0.4) is 0 Å². The SMILES string of the molecule is O=C(CCCCO)Nc1ccc(F)cc1I. The van der Waals surface area contributed by atoms with Gasteiger partial charge in [0.25, 0.3) is 0 Å². The topological polar surface area (TPSA) is 49.3 Å². The molecule has 0 heterocycles. The van der Waals surface area contributed by atoms with Crippen LogP contribution in [0, 0.1) is 9.39 Å². The molecule has 0 saturated carbocycles. The maximum Gasteiger partial charge on any atom is 0.224 e. The molecule has 1 aromatic carbocycles. The van der Waals surface area contributed by atoms with Crippen LogP contribution in [-0.2, 0) is 4.79 Å². The highest BCUT2D eigenvalue weighted by atomic mass is 127. The van der Waals surface area contributed by atoms with Crippen LogP contribution in [0.1, 0.15) is 19.3 Å². The average molecular weight is 337 g/mol. The van der Waals surface area contributed by atoms with Crippen molar-refractivity contribution in [2.24, 2.45) is 0 Å². The molecule has 0 saturated heterocycles. The minimum Gasteiger partial charge on any atom is -0.396 e. The molecule has 3 nitrogen and oxygen atoms in total. The summed E-state index contributed by atoms with van der Waals surface area (Å²) < 4.78 is 13.5. The lowest BCUT2D eigenvalue weighted by molar-refractivity contribution is -0.116. The molecule has 0 bridgehead atoms. The van der Waals surface area contributed by atoms with Gasteiger partial charge in [-0.15, -0.1) is 0 Å². The number of amides is 1. The fourth-order valence-corrected chi connectivity index (χ4v) is 1.81. The number of anilines is 1. The van der Waals surface area contributed by atoms with Gasteiger partial charge in [-0.25, -0.2) is 4.39 Å². The normalized spacial score (nSPS) is 10.2. The average Bonchev–Trinajstić information content (AvgIpc) is 2.23. The Kier molecular flexibility index (Phi) is 5.68. The van der Waals surface area contributed by atoms with Crippen molar-refractivity contribution in [2.75, 3.05) is 11.9 Å². The predicted molar refractivity (Wildman–Crippen MR) is 68.7 cm³/mol. The maximum atomic E-state index is 12.8. The Morgan fingerprint density at radius 3 is 2.81 bits per heavy atom. The van der Waals surface area contributed by atoms with Gasteiger partial charge in [-0.05, 0) is 53.6 Å². The molecule has 0 atom stereocenters. The van der Waals surface area contributed by atoms with Gasteiger partial charge in [0.2, 0.25) is 5.91 Å². The van der Waals surface area contributed by atoms with Gasteiger partial charge in [0, 0.05) is 16.6 Å². The van der Waals surface area contributed by atoms with Gasteiger partial charge in [0.1, 0.15) is 5.82 Å². The van der Waals surface area contributed by atoms with Gasteiger partial charge < -0.3 is 10.4 Å². The van der Waals surface area contributed by atoms with Gasteiger partial charge in [0.05, 0.1) is 5.69 Å². The molecule has 0 aliphatic heterocycles. The first-order valence-electron chi connectivity index (χ1n) is 4.99. The maximum absolute atomic E-state index is 12.8. The van der Waals surface area contributed by atoms with Crippen molar-refractivity contribution in [3.05, 3.63) is 27.6 Å². The molecule has 1 amide bonds. The number of hydrogen-bond acceptors (Lipinski definition) is 2. The minimum atomic E-state index is -0.317. The zero-order valence-electron chi connectivity index (χ0n) is 8.67. The van der Waals surface area contributed by atoms with E-state index in [-0.39, 0.29) is 18.3 Å².